The van der Waals surface area contributed by atoms with Crippen LogP contribution in [0.3, 0.4) is 0 Å². The Morgan fingerprint density at radius 1 is 1.05 bits per heavy atom. The van der Waals surface area contributed by atoms with E-state index >= 15 is 0 Å². The van der Waals surface area contributed by atoms with Crippen molar-refractivity contribution < 1.29 is 4.79 Å². The third kappa shape index (κ3) is 3.60. The summed E-state index contributed by atoms with van der Waals surface area (Å²) < 4.78 is 0. The molecular formula is C17H32ClN3O. The highest BCUT2D eigenvalue weighted by Crippen LogP contribution is 2.35. The summed E-state index contributed by atoms with van der Waals surface area (Å²) in [5, 5.41) is 0. The third-order valence-corrected chi connectivity index (χ3v) is 6.07. The number of carbonyl (C=O) groups is 1. The van der Waals surface area contributed by atoms with Crippen molar-refractivity contribution in [3.05, 3.63) is 0 Å². The van der Waals surface area contributed by atoms with Gasteiger partial charge in [0.1, 0.15) is 0 Å². The van der Waals surface area contributed by atoms with Gasteiger partial charge in [-0.2, -0.15) is 0 Å². The average Bonchev–Trinajstić information content (AvgIpc) is 2.82. The normalized spacial score (nSPS) is 39.2. The van der Waals surface area contributed by atoms with Crippen LogP contribution in [0.15, 0.2) is 0 Å². The minimum absolute atomic E-state index is 0. The van der Waals surface area contributed by atoms with E-state index in [1.54, 1.807) is 0 Å². The van der Waals surface area contributed by atoms with Gasteiger partial charge in [-0.1, -0.05) is 6.42 Å². The van der Waals surface area contributed by atoms with E-state index < -0.39 is 0 Å². The molecular weight excluding hydrogens is 298 g/mol. The zero-order chi connectivity index (χ0) is 15.0. The second-order valence-electron chi connectivity index (χ2n) is 7.64. The molecule has 2 aliphatic heterocycles. The van der Waals surface area contributed by atoms with Gasteiger partial charge in [0.25, 0.3) is 0 Å². The van der Waals surface area contributed by atoms with Crippen molar-refractivity contribution in [2.24, 2.45) is 17.6 Å². The van der Waals surface area contributed by atoms with E-state index in [0.717, 1.165) is 31.8 Å². The van der Waals surface area contributed by atoms with Gasteiger partial charge < -0.3 is 10.6 Å². The first kappa shape index (κ1) is 18.0. The summed E-state index contributed by atoms with van der Waals surface area (Å²) >= 11 is 0. The summed E-state index contributed by atoms with van der Waals surface area (Å²) in [5.74, 6) is 1.70. The molecule has 5 heteroatoms. The van der Waals surface area contributed by atoms with Gasteiger partial charge >= 0.3 is 0 Å². The lowest BCUT2D eigenvalue weighted by molar-refractivity contribution is -0.138. The van der Waals surface area contributed by atoms with E-state index in [4.69, 9.17) is 5.73 Å². The fourth-order valence-electron chi connectivity index (χ4n) is 4.92. The first-order chi connectivity index (χ1) is 10.1. The molecule has 1 amide bonds. The number of likely N-dealkylation sites (tertiary alicyclic amines) is 2. The Kier molecular flexibility index (Phi) is 6.14. The molecule has 3 aliphatic rings. The van der Waals surface area contributed by atoms with Crippen LogP contribution in [-0.2, 0) is 4.79 Å². The number of hydrogen-bond acceptors (Lipinski definition) is 3. The highest BCUT2D eigenvalue weighted by molar-refractivity contribution is 5.85. The summed E-state index contributed by atoms with van der Waals surface area (Å²) in [6.45, 7) is 7.13. The maximum atomic E-state index is 12.7. The number of nitrogens with zero attached hydrogens (tertiary/aromatic N) is 2. The lowest BCUT2D eigenvalue weighted by atomic mass is 9.78. The second kappa shape index (κ2) is 7.50. The molecule has 128 valence electrons. The molecule has 5 atom stereocenters. The van der Waals surface area contributed by atoms with Crippen molar-refractivity contribution in [1.82, 2.24) is 9.80 Å². The SMILES string of the molecule is CC1CCCC(C)N1C(=O)CN1CC2CCCC(N)C2C1.Cl. The maximum Gasteiger partial charge on any atom is 0.237 e. The molecule has 3 fully saturated rings. The minimum atomic E-state index is 0. The van der Waals surface area contributed by atoms with Crippen molar-refractivity contribution in [3.63, 3.8) is 0 Å². The molecule has 0 aromatic rings. The van der Waals surface area contributed by atoms with Gasteiger partial charge in [0.05, 0.1) is 6.54 Å². The van der Waals surface area contributed by atoms with Crippen LogP contribution in [0.1, 0.15) is 52.4 Å². The number of nitrogens with two attached hydrogens (primary N) is 1. The molecule has 22 heavy (non-hydrogen) atoms. The molecule has 0 radical (unpaired) electrons. The molecule has 2 N–H and O–H groups in total. The zero-order valence-corrected chi connectivity index (χ0v) is 14.9. The topological polar surface area (TPSA) is 49.6 Å². The lowest BCUT2D eigenvalue weighted by Crippen LogP contribution is -2.51. The van der Waals surface area contributed by atoms with Crippen LogP contribution in [0.2, 0.25) is 0 Å². The van der Waals surface area contributed by atoms with Crippen LogP contribution in [0.5, 0.6) is 0 Å². The Morgan fingerprint density at radius 2 is 1.68 bits per heavy atom. The van der Waals surface area contributed by atoms with E-state index in [1.807, 2.05) is 0 Å². The van der Waals surface area contributed by atoms with E-state index in [-0.39, 0.29) is 12.4 Å². The van der Waals surface area contributed by atoms with E-state index in [2.05, 4.69) is 23.6 Å². The van der Waals surface area contributed by atoms with Gasteiger partial charge in [-0.05, 0) is 57.8 Å². The molecule has 2 heterocycles. The van der Waals surface area contributed by atoms with Gasteiger partial charge in [-0.15, -0.1) is 12.4 Å². The summed E-state index contributed by atoms with van der Waals surface area (Å²) in [5.41, 5.74) is 6.28. The summed E-state index contributed by atoms with van der Waals surface area (Å²) in [7, 11) is 0. The highest BCUT2D eigenvalue weighted by Gasteiger charge is 2.40. The Hall–Kier alpha value is -0.320. The molecule has 2 saturated heterocycles. The standard InChI is InChI=1S/C17H31N3O.ClH/c1-12-5-3-6-13(2)20(12)17(21)11-19-9-14-7-4-8-16(18)15(14)10-19;/h12-16H,3-11,18H2,1-2H3;1H. The van der Waals surface area contributed by atoms with E-state index in [9.17, 15) is 4.79 Å². The van der Waals surface area contributed by atoms with Crippen molar-refractivity contribution in [3.8, 4) is 0 Å². The van der Waals surface area contributed by atoms with Crippen LogP contribution in [-0.4, -0.2) is 53.5 Å². The Morgan fingerprint density at radius 3 is 2.32 bits per heavy atom. The molecule has 1 aliphatic carbocycles. The molecule has 1 saturated carbocycles. The summed E-state index contributed by atoms with van der Waals surface area (Å²) in [6, 6.07) is 1.18. The zero-order valence-electron chi connectivity index (χ0n) is 14.0. The number of hydrogen-bond donors (Lipinski definition) is 1. The Balaban J connectivity index is 0.00000176. The number of fused-ring (bicyclic) bond motifs is 1. The number of halogens is 1. The number of amides is 1. The van der Waals surface area contributed by atoms with Gasteiger partial charge in [0, 0.05) is 31.2 Å². The van der Waals surface area contributed by atoms with Crippen molar-refractivity contribution in [2.45, 2.75) is 70.5 Å². The quantitative estimate of drug-likeness (QED) is 0.845. The van der Waals surface area contributed by atoms with Gasteiger partial charge in [-0.25, -0.2) is 0 Å². The van der Waals surface area contributed by atoms with Crippen LogP contribution in [0, 0.1) is 11.8 Å². The predicted molar refractivity (Wildman–Crippen MR) is 92.1 cm³/mol. The van der Waals surface area contributed by atoms with Gasteiger partial charge in [0.15, 0.2) is 0 Å². The van der Waals surface area contributed by atoms with E-state index in [1.165, 1.54) is 25.7 Å². The summed E-state index contributed by atoms with van der Waals surface area (Å²) in [6.07, 6.45) is 7.32. The highest BCUT2D eigenvalue weighted by atomic mass is 35.5. The lowest BCUT2D eigenvalue weighted by Gasteiger charge is -2.39. The number of rotatable bonds is 2. The predicted octanol–water partition coefficient (Wildman–Crippen LogP) is 2.26. The molecule has 0 bridgehead atoms. The largest absolute Gasteiger partial charge is 0.336 e. The van der Waals surface area contributed by atoms with Gasteiger partial charge in [-0.3, -0.25) is 9.69 Å². The Bertz CT molecular complexity index is 382. The average molecular weight is 330 g/mol. The van der Waals surface area contributed by atoms with Crippen molar-refractivity contribution in [2.75, 3.05) is 19.6 Å². The van der Waals surface area contributed by atoms with Crippen LogP contribution in [0.25, 0.3) is 0 Å². The first-order valence-corrected chi connectivity index (χ1v) is 8.85. The minimum Gasteiger partial charge on any atom is -0.336 e. The molecule has 0 aromatic carbocycles. The van der Waals surface area contributed by atoms with Crippen LogP contribution in [0.4, 0.5) is 0 Å². The molecule has 0 spiro atoms. The van der Waals surface area contributed by atoms with Crippen molar-refractivity contribution in [1.29, 1.82) is 0 Å². The molecule has 0 aromatic heterocycles. The smallest absolute Gasteiger partial charge is 0.237 e. The monoisotopic (exact) mass is 329 g/mol. The molecule has 3 rings (SSSR count). The second-order valence-corrected chi connectivity index (χ2v) is 7.64. The fraction of sp³-hybridized carbons (Fsp3) is 0.941. The van der Waals surface area contributed by atoms with Gasteiger partial charge in [0.2, 0.25) is 5.91 Å². The van der Waals surface area contributed by atoms with E-state index in [0.29, 0.717) is 36.5 Å². The molecule has 4 nitrogen and oxygen atoms in total. The van der Waals surface area contributed by atoms with Crippen LogP contribution < -0.4 is 5.73 Å². The molecule has 5 unspecified atom stereocenters. The number of carbonyl (C=O) groups excluding carboxylic acids is 1. The first-order valence-electron chi connectivity index (χ1n) is 8.85. The number of piperidine rings is 1. The van der Waals surface area contributed by atoms with Crippen molar-refractivity contribution >= 4 is 18.3 Å². The third-order valence-electron chi connectivity index (χ3n) is 6.07. The summed E-state index contributed by atoms with van der Waals surface area (Å²) in [4.78, 5) is 17.2. The fourth-order valence-corrected chi connectivity index (χ4v) is 4.92. The Labute approximate surface area is 141 Å². The maximum absolute atomic E-state index is 12.7. The van der Waals surface area contributed by atoms with Crippen LogP contribution >= 0.6 is 12.4 Å².